The number of terminal acetylenes is 1. The topological polar surface area (TPSA) is 39.7 Å². The summed E-state index contributed by atoms with van der Waals surface area (Å²) in [6, 6.07) is 3.99. The van der Waals surface area contributed by atoms with Gasteiger partial charge < -0.3 is 15.5 Å². The maximum atomic E-state index is 13.8. The summed E-state index contributed by atoms with van der Waals surface area (Å²) in [5, 5.41) is 6.35. The summed E-state index contributed by atoms with van der Waals surface area (Å²) in [6.45, 7) is 4.06. The fourth-order valence-corrected chi connectivity index (χ4v) is 2.51. The van der Waals surface area contributed by atoms with Crippen molar-refractivity contribution in [2.24, 2.45) is 4.99 Å². The molecule has 0 saturated carbocycles. The molecule has 4 nitrogen and oxygen atoms in total. The minimum atomic E-state index is -0.534. The summed E-state index contributed by atoms with van der Waals surface area (Å²) in [5.41, 5.74) is 0.0392. The van der Waals surface area contributed by atoms with Crippen molar-refractivity contribution in [1.82, 2.24) is 10.6 Å². The van der Waals surface area contributed by atoms with E-state index >= 15 is 0 Å². The Morgan fingerprint density at radius 1 is 1.43 bits per heavy atom. The molecule has 0 aromatic heterocycles. The lowest BCUT2D eigenvalue weighted by molar-refractivity contribution is 0.576. The fourth-order valence-electron chi connectivity index (χ4n) is 2.51. The van der Waals surface area contributed by atoms with Crippen LogP contribution < -0.4 is 15.5 Å². The molecule has 1 heterocycles. The van der Waals surface area contributed by atoms with Crippen LogP contribution in [0.4, 0.5) is 14.5 Å². The van der Waals surface area contributed by atoms with Crippen LogP contribution in [0.3, 0.4) is 0 Å². The van der Waals surface area contributed by atoms with Crippen LogP contribution in [0, 0.1) is 24.0 Å². The molecule has 1 aliphatic rings. The number of halogens is 3. The van der Waals surface area contributed by atoms with Gasteiger partial charge in [0.25, 0.3) is 0 Å². The summed E-state index contributed by atoms with van der Waals surface area (Å²) in [6.07, 6.45) is 5.98. The van der Waals surface area contributed by atoms with E-state index in [1.165, 1.54) is 18.2 Å². The minimum Gasteiger partial charge on any atom is -0.365 e. The van der Waals surface area contributed by atoms with Gasteiger partial charge in [-0.25, -0.2) is 13.8 Å². The highest BCUT2D eigenvalue weighted by Gasteiger charge is 2.27. The van der Waals surface area contributed by atoms with E-state index in [9.17, 15) is 8.78 Å². The number of nitrogens with one attached hydrogen (secondary N) is 2. The lowest BCUT2D eigenvalue weighted by Gasteiger charge is -2.21. The predicted molar refractivity (Wildman–Crippen MR) is 100 cm³/mol. The summed E-state index contributed by atoms with van der Waals surface area (Å²) in [5.74, 6) is 2.01. The van der Waals surface area contributed by atoms with Gasteiger partial charge in [-0.05, 0) is 25.5 Å². The second kappa shape index (κ2) is 9.55. The van der Waals surface area contributed by atoms with Gasteiger partial charge in [0, 0.05) is 25.7 Å². The molecule has 1 aromatic rings. The molecule has 2 N–H and O–H groups in total. The van der Waals surface area contributed by atoms with Crippen molar-refractivity contribution >= 4 is 35.6 Å². The van der Waals surface area contributed by atoms with Crippen molar-refractivity contribution in [1.29, 1.82) is 0 Å². The molecule has 1 fully saturated rings. The zero-order valence-electron chi connectivity index (χ0n) is 13.0. The Hall–Kier alpha value is -1.56. The number of hydrogen-bond donors (Lipinski definition) is 2. The van der Waals surface area contributed by atoms with Crippen LogP contribution in [-0.2, 0) is 0 Å². The maximum absolute atomic E-state index is 13.8. The quantitative estimate of drug-likeness (QED) is 0.331. The van der Waals surface area contributed by atoms with Crippen LogP contribution in [0.15, 0.2) is 23.2 Å². The summed E-state index contributed by atoms with van der Waals surface area (Å²) >= 11 is 0. The van der Waals surface area contributed by atoms with Gasteiger partial charge in [-0.1, -0.05) is 12.0 Å². The third kappa shape index (κ3) is 5.23. The highest BCUT2D eigenvalue weighted by molar-refractivity contribution is 14.0. The number of para-hydroxylation sites is 1. The number of nitrogens with zero attached hydrogens (tertiary/aromatic N) is 2. The van der Waals surface area contributed by atoms with Gasteiger partial charge in [0.2, 0.25) is 0 Å². The minimum absolute atomic E-state index is 0. The van der Waals surface area contributed by atoms with E-state index in [4.69, 9.17) is 6.42 Å². The third-order valence-electron chi connectivity index (χ3n) is 3.46. The molecule has 1 unspecified atom stereocenters. The van der Waals surface area contributed by atoms with E-state index in [2.05, 4.69) is 21.5 Å². The number of guanidine groups is 1. The molecule has 1 atom stereocenters. The van der Waals surface area contributed by atoms with Crippen molar-refractivity contribution in [2.75, 3.05) is 31.1 Å². The van der Waals surface area contributed by atoms with E-state index in [-0.39, 0.29) is 42.3 Å². The van der Waals surface area contributed by atoms with Crippen LogP contribution in [0.2, 0.25) is 0 Å². The average Bonchev–Trinajstić information content (AvgIpc) is 2.93. The Morgan fingerprint density at radius 3 is 2.74 bits per heavy atom. The summed E-state index contributed by atoms with van der Waals surface area (Å²) in [4.78, 5) is 5.94. The smallest absolute Gasteiger partial charge is 0.192 e. The summed E-state index contributed by atoms with van der Waals surface area (Å²) < 4.78 is 27.6. The van der Waals surface area contributed by atoms with Crippen LogP contribution in [-0.4, -0.2) is 38.2 Å². The molecule has 1 aromatic carbocycles. The Balaban J connectivity index is 0.00000264. The van der Waals surface area contributed by atoms with E-state index in [1.807, 2.05) is 6.92 Å². The first-order chi connectivity index (χ1) is 10.7. The van der Waals surface area contributed by atoms with Crippen molar-refractivity contribution in [3.8, 4) is 12.3 Å². The standard InChI is InChI=1S/C16H20F2N4.HI/c1-3-9-20-16(19-4-2)21-12-8-10-22(11-12)15-13(17)6-5-7-14(15)18;/h1,5-7,12H,4,8-11H2,2H3,(H2,19,20,21);1H. The second-order valence-corrected chi connectivity index (χ2v) is 5.05. The first-order valence-electron chi connectivity index (χ1n) is 7.33. The van der Waals surface area contributed by atoms with Gasteiger partial charge >= 0.3 is 0 Å². The molecule has 0 aliphatic carbocycles. The molecular weight excluding hydrogens is 413 g/mol. The molecule has 0 bridgehead atoms. The Labute approximate surface area is 152 Å². The molecule has 0 spiro atoms. The molecule has 23 heavy (non-hydrogen) atoms. The zero-order chi connectivity index (χ0) is 15.9. The molecule has 2 rings (SSSR count). The van der Waals surface area contributed by atoms with E-state index in [0.29, 0.717) is 19.0 Å². The Bertz CT molecular complexity index is 566. The monoisotopic (exact) mass is 434 g/mol. The molecule has 0 radical (unpaired) electrons. The largest absolute Gasteiger partial charge is 0.365 e. The second-order valence-electron chi connectivity index (χ2n) is 5.05. The lowest BCUT2D eigenvalue weighted by Crippen LogP contribution is -2.44. The normalized spacial score (nSPS) is 17.4. The number of anilines is 1. The maximum Gasteiger partial charge on any atom is 0.192 e. The van der Waals surface area contributed by atoms with E-state index < -0.39 is 11.6 Å². The van der Waals surface area contributed by atoms with E-state index in [1.54, 1.807) is 4.90 Å². The van der Waals surface area contributed by atoms with Gasteiger partial charge in [-0.2, -0.15) is 0 Å². The van der Waals surface area contributed by atoms with Crippen LogP contribution >= 0.6 is 24.0 Å². The SMILES string of the molecule is C#CCN=C(NCC)NC1CCN(c2c(F)cccc2F)C1.I. The third-order valence-corrected chi connectivity index (χ3v) is 3.46. The van der Waals surface area contributed by atoms with Crippen molar-refractivity contribution in [2.45, 2.75) is 19.4 Å². The first kappa shape index (κ1) is 19.5. The highest BCUT2D eigenvalue weighted by Crippen LogP contribution is 2.26. The molecule has 1 saturated heterocycles. The number of benzene rings is 1. The predicted octanol–water partition coefficient (Wildman–Crippen LogP) is 2.35. The van der Waals surface area contributed by atoms with Gasteiger partial charge in [-0.15, -0.1) is 30.4 Å². The zero-order valence-corrected chi connectivity index (χ0v) is 15.3. The lowest BCUT2D eigenvalue weighted by atomic mass is 10.2. The fraction of sp³-hybridized carbons (Fsp3) is 0.438. The van der Waals surface area contributed by atoms with Crippen molar-refractivity contribution in [3.05, 3.63) is 29.8 Å². The molecule has 126 valence electrons. The van der Waals surface area contributed by atoms with Crippen LogP contribution in [0.25, 0.3) is 0 Å². The Kier molecular flexibility index (Phi) is 8.09. The highest BCUT2D eigenvalue weighted by atomic mass is 127. The first-order valence-corrected chi connectivity index (χ1v) is 7.33. The molecular formula is C16H21F2IN4. The van der Waals surface area contributed by atoms with Gasteiger partial charge in [0.05, 0.1) is 0 Å². The number of hydrogen-bond acceptors (Lipinski definition) is 2. The van der Waals surface area contributed by atoms with Gasteiger partial charge in [0.15, 0.2) is 5.96 Å². The van der Waals surface area contributed by atoms with Gasteiger partial charge in [0.1, 0.15) is 23.9 Å². The molecule has 0 amide bonds. The van der Waals surface area contributed by atoms with Crippen LogP contribution in [0.5, 0.6) is 0 Å². The van der Waals surface area contributed by atoms with Gasteiger partial charge in [-0.3, -0.25) is 0 Å². The Morgan fingerprint density at radius 2 is 2.13 bits per heavy atom. The van der Waals surface area contributed by atoms with Crippen molar-refractivity contribution in [3.63, 3.8) is 0 Å². The number of aliphatic imine (C=N–C) groups is 1. The summed E-state index contributed by atoms with van der Waals surface area (Å²) in [7, 11) is 0. The van der Waals surface area contributed by atoms with E-state index in [0.717, 1.165) is 13.0 Å². The van der Waals surface area contributed by atoms with Crippen molar-refractivity contribution < 1.29 is 8.78 Å². The molecule has 7 heteroatoms. The average molecular weight is 434 g/mol. The van der Waals surface area contributed by atoms with Crippen LogP contribution in [0.1, 0.15) is 13.3 Å². The molecule has 1 aliphatic heterocycles. The number of rotatable bonds is 4.